The van der Waals surface area contributed by atoms with Crippen molar-refractivity contribution in [3.63, 3.8) is 0 Å². The van der Waals surface area contributed by atoms with Gasteiger partial charge in [0.05, 0.1) is 18.6 Å². The van der Waals surface area contributed by atoms with Crippen LogP contribution in [-0.4, -0.2) is 28.0 Å². The molecule has 0 spiro atoms. The van der Waals surface area contributed by atoms with Crippen LogP contribution in [0.5, 0.6) is 5.75 Å². The van der Waals surface area contributed by atoms with E-state index in [9.17, 15) is 13.2 Å². The van der Waals surface area contributed by atoms with Gasteiger partial charge in [0, 0.05) is 23.4 Å². The Morgan fingerprint density at radius 2 is 1.96 bits per heavy atom. The zero-order valence-electron chi connectivity index (χ0n) is 14.0. The third kappa shape index (κ3) is 5.02. The molecule has 2 rings (SSSR count). The summed E-state index contributed by atoms with van der Waals surface area (Å²) in [6, 6.07) is 10.7. The fourth-order valence-corrected chi connectivity index (χ4v) is 2.76. The van der Waals surface area contributed by atoms with Crippen LogP contribution in [0.1, 0.15) is 22.8 Å². The summed E-state index contributed by atoms with van der Waals surface area (Å²) in [5.74, 6) is 0.244. The van der Waals surface area contributed by atoms with Crippen LogP contribution in [0.2, 0.25) is 0 Å². The fourth-order valence-electron chi connectivity index (χ4n) is 2.20. The van der Waals surface area contributed by atoms with Crippen molar-refractivity contribution in [2.45, 2.75) is 18.4 Å². The van der Waals surface area contributed by atoms with Gasteiger partial charge in [0.25, 0.3) is 5.91 Å². The normalized spacial score (nSPS) is 11.2. The Kier molecular flexibility index (Phi) is 6.13. The molecule has 25 heavy (non-hydrogen) atoms. The quantitative estimate of drug-likeness (QED) is 0.782. The second-order valence-corrected chi connectivity index (χ2v) is 6.75. The van der Waals surface area contributed by atoms with E-state index < -0.39 is 10.0 Å². The summed E-state index contributed by atoms with van der Waals surface area (Å²) >= 11 is 0. The molecule has 3 N–H and O–H groups in total. The van der Waals surface area contributed by atoms with Crippen molar-refractivity contribution in [3.05, 3.63) is 53.6 Å². The van der Waals surface area contributed by atoms with Gasteiger partial charge in [-0.05, 0) is 43.3 Å². The molecule has 0 saturated carbocycles. The van der Waals surface area contributed by atoms with E-state index in [1.54, 1.807) is 31.4 Å². The molecule has 0 saturated heterocycles. The Labute approximate surface area is 146 Å². The molecule has 2 aromatic rings. The molecule has 2 aromatic carbocycles. The lowest BCUT2D eigenvalue weighted by atomic mass is 10.1. The smallest absolute Gasteiger partial charge is 0.255 e. The van der Waals surface area contributed by atoms with Gasteiger partial charge in [-0.3, -0.25) is 4.79 Å². The summed E-state index contributed by atoms with van der Waals surface area (Å²) in [4.78, 5) is 12.4. The minimum absolute atomic E-state index is 0.0722. The lowest BCUT2D eigenvalue weighted by Crippen LogP contribution is -2.15. The molecule has 0 unspecified atom stereocenters. The van der Waals surface area contributed by atoms with Crippen LogP contribution in [0.3, 0.4) is 0 Å². The van der Waals surface area contributed by atoms with Crippen molar-refractivity contribution in [1.29, 1.82) is 0 Å². The number of rotatable bonds is 7. The average Bonchev–Trinajstić information content (AvgIpc) is 2.59. The van der Waals surface area contributed by atoms with Gasteiger partial charge in [0.15, 0.2) is 0 Å². The highest BCUT2D eigenvalue weighted by atomic mass is 32.2. The zero-order valence-corrected chi connectivity index (χ0v) is 14.8. The first-order valence-corrected chi connectivity index (χ1v) is 9.08. The molecule has 134 valence electrons. The van der Waals surface area contributed by atoms with Crippen molar-refractivity contribution in [1.82, 2.24) is 0 Å². The van der Waals surface area contributed by atoms with Crippen LogP contribution in [0.25, 0.3) is 0 Å². The monoisotopic (exact) mass is 364 g/mol. The van der Waals surface area contributed by atoms with Gasteiger partial charge in [-0.25, -0.2) is 13.6 Å². The molecule has 1 amide bonds. The van der Waals surface area contributed by atoms with Crippen molar-refractivity contribution in [2.24, 2.45) is 5.14 Å². The number of methoxy groups -OCH3 is 1. The number of carbonyl (C=O) groups is 1. The number of ether oxygens (including phenoxy) is 2. The Hall–Kier alpha value is -2.42. The Bertz CT molecular complexity index is 865. The van der Waals surface area contributed by atoms with Crippen molar-refractivity contribution < 1.29 is 22.7 Å². The van der Waals surface area contributed by atoms with E-state index in [0.717, 1.165) is 5.56 Å². The minimum atomic E-state index is -3.84. The maximum Gasteiger partial charge on any atom is 0.255 e. The lowest BCUT2D eigenvalue weighted by molar-refractivity contribution is 0.102. The fraction of sp³-hybridized carbons (Fsp3) is 0.235. The molecule has 0 heterocycles. The van der Waals surface area contributed by atoms with Crippen molar-refractivity contribution >= 4 is 21.6 Å². The molecule has 0 radical (unpaired) electrons. The molecule has 0 aliphatic carbocycles. The van der Waals surface area contributed by atoms with Crippen LogP contribution in [0.4, 0.5) is 5.69 Å². The van der Waals surface area contributed by atoms with E-state index in [1.807, 2.05) is 6.92 Å². The van der Waals surface area contributed by atoms with Gasteiger partial charge in [-0.1, -0.05) is 6.07 Å². The van der Waals surface area contributed by atoms with E-state index in [2.05, 4.69) is 5.32 Å². The van der Waals surface area contributed by atoms with E-state index in [4.69, 9.17) is 14.6 Å². The third-order valence-electron chi connectivity index (χ3n) is 3.42. The molecule has 0 atom stereocenters. The second kappa shape index (κ2) is 8.11. The third-order valence-corrected chi connectivity index (χ3v) is 4.34. The summed E-state index contributed by atoms with van der Waals surface area (Å²) in [5, 5.41) is 7.75. The zero-order chi connectivity index (χ0) is 18.4. The summed E-state index contributed by atoms with van der Waals surface area (Å²) in [5.41, 5.74) is 1.48. The average molecular weight is 364 g/mol. The van der Waals surface area contributed by atoms with E-state index in [0.29, 0.717) is 30.2 Å². The Morgan fingerprint density at radius 3 is 2.60 bits per heavy atom. The number of anilines is 1. The number of nitrogens with one attached hydrogen (secondary N) is 1. The number of nitrogens with two attached hydrogens (primary N) is 1. The maximum atomic E-state index is 12.4. The van der Waals surface area contributed by atoms with Crippen LogP contribution in [0.15, 0.2) is 47.4 Å². The number of sulfonamides is 1. The Balaban J connectivity index is 2.23. The second-order valence-electron chi connectivity index (χ2n) is 5.19. The van der Waals surface area contributed by atoms with Gasteiger partial charge >= 0.3 is 0 Å². The van der Waals surface area contributed by atoms with E-state index in [-0.39, 0.29) is 10.8 Å². The highest BCUT2D eigenvalue weighted by Crippen LogP contribution is 2.22. The summed E-state index contributed by atoms with van der Waals surface area (Å²) < 4.78 is 33.4. The highest BCUT2D eigenvalue weighted by Gasteiger charge is 2.13. The first-order valence-electron chi connectivity index (χ1n) is 7.54. The number of primary sulfonamides is 1. The molecule has 0 fully saturated rings. The minimum Gasteiger partial charge on any atom is -0.496 e. The molecule has 0 aromatic heterocycles. The Morgan fingerprint density at radius 1 is 1.20 bits per heavy atom. The van der Waals surface area contributed by atoms with Gasteiger partial charge < -0.3 is 14.8 Å². The van der Waals surface area contributed by atoms with Crippen molar-refractivity contribution in [3.8, 4) is 5.75 Å². The van der Waals surface area contributed by atoms with Gasteiger partial charge in [-0.15, -0.1) is 0 Å². The maximum absolute atomic E-state index is 12.4. The van der Waals surface area contributed by atoms with Crippen LogP contribution in [-0.2, 0) is 21.4 Å². The lowest BCUT2D eigenvalue weighted by Gasteiger charge is -2.11. The van der Waals surface area contributed by atoms with Gasteiger partial charge in [0.1, 0.15) is 5.75 Å². The standard InChI is InChI=1S/C17H20N2O5S/c1-3-24-11-13-9-12(7-8-16(13)23-2)17(20)19-14-5-4-6-15(10-14)25(18,21)22/h4-10H,3,11H2,1-2H3,(H,19,20)(H2,18,21,22). The number of hydrogen-bond donors (Lipinski definition) is 2. The topological polar surface area (TPSA) is 108 Å². The van der Waals surface area contributed by atoms with Crippen LogP contribution >= 0.6 is 0 Å². The SMILES string of the molecule is CCOCc1cc(C(=O)Nc2cccc(S(N)(=O)=O)c2)ccc1OC. The number of carbonyl (C=O) groups excluding carboxylic acids is 1. The molecular formula is C17H20N2O5S. The van der Waals surface area contributed by atoms with Gasteiger partial charge in [0.2, 0.25) is 10.0 Å². The molecule has 0 bridgehead atoms. The largest absolute Gasteiger partial charge is 0.496 e. The van der Waals surface area contributed by atoms with E-state index in [1.165, 1.54) is 18.2 Å². The predicted octanol–water partition coefficient (Wildman–Crippen LogP) is 2.13. The summed E-state index contributed by atoms with van der Waals surface area (Å²) in [6.45, 7) is 2.74. The first kappa shape index (κ1) is 18.9. The highest BCUT2D eigenvalue weighted by molar-refractivity contribution is 7.89. The number of amides is 1. The molecule has 7 nitrogen and oxygen atoms in total. The summed E-state index contributed by atoms with van der Waals surface area (Å²) in [6.07, 6.45) is 0. The van der Waals surface area contributed by atoms with Crippen LogP contribution < -0.4 is 15.2 Å². The first-order chi connectivity index (χ1) is 11.8. The summed E-state index contributed by atoms with van der Waals surface area (Å²) in [7, 11) is -2.29. The molecular weight excluding hydrogens is 344 g/mol. The molecule has 0 aliphatic rings. The van der Waals surface area contributed by atoms with Crippen LogP contribution in [0, 0.1) is 0 Å². The van der Waals surface area contributed by atoms with Crippen molar-refractivity contribution in [2.75, 3.05) is 19.0 Å². The predicted molar refractivity (Wildman–Crippen MR) is 94.1 cm³/mol. The molecule has 0 aliphatic heterocycles. The number of benzene rings is 2. The number of hydrogen-bond acceptors (Lipinski definition) is 5. The van der Waals surface area contributed by atoms with E-state index >= 15 is 0 Å². The van der Waals surface area contributed by atoms with Gasteiger partial charge in [-0.2, -0.15) is 0 Å². The molecule has 8 heteroatoms.